The predicted molar refractivity (Wildman–Crippen MR) is 121 cm³/mol. The second kappa shape index (κ2) is 6.84. The Morgan fingerprint density at radius 2 is 1.40 bits per heavy atom. The third kappa shape index (κ3) is 2.75. The van der Waals surface area contributed by atoms with E-state index in [1.807, 2.05) is 35.2 Å². The molecule has 0 aromatic heterocycles. The lowest BCUT2D eigenvalue weighted by atomic mass is 9.79. The first-order valence-electron chi connectivity index (χ1n) is 10.7. The number of benzene rings is 4. The minimum Gasteiger partial charge on any atom is -0.334 e. The molecule has 0 spiro atoms. The Morgan fingerprint density at radius 3 is 2.30 bits per heavy atom. The second-order valence-electron chi connectivity index (χ2n) is 8.46. The lowest BCUT2D eigenvalue weighted by molar-refractivity contribution is 0.0734. The molecule has 2 aliphatic rings. The third-order valence-corrected chi connectivity index (χ3v) is 6.81. The molecule has 0 atom stereocenters. The van der Waals surface area contributed by atoms with E-state index in [4.69, 9.17) is 0 Å². The Bertz CT molecular complexity index is 1290. The fraction of sp³-hybridized carbons (Fsp3) is 0.179. The third-order valence-electron chi connectivity index (χ3n) is 6.81. The molecule has 0 fully saturated rings. The van der Waals surface area contributed by atoms with Gasteiger partial charge in [0, 0.05) is 18.7 Å². The largest absolute Gasteiger partial charge is 0.334 e. The summed E-state index contributed by atoms with van der Waals surface area (Å²) < 4.78 is 0. The van der Waals surface area contributed by atoms with Gasteiger partial charge in [0.2, 0.25) is 0 Å². The highest BCUT2D eigenvalue weighted by molar-refractivity contribution is 5.94. The Hall–Kier alpha value is -3.39. The van der Waals surface area contributed by atoms with Gasteiger partial charge in [-0.05, 0) is 75.5 Å². The summed E-state index contributed by atoms with van der Waals surface area (Å²) >= 11 is 0. The van der Waals surface area contributed by atoms with Gasteiger partial charge in [0.05, 0.1) is 0 Å². The van der Waals surface area contributed by atoms with E-state index in [1.165, 1.54) is 44.2 Å². The van der Waals surface area contributed by atoms with E-state index in [1.54, 1.807) is 0 Å². The summed E-state index contributed by atoms with van der Waals surface area (Å²) in [6.45, 7) is 1.51. The van der Waals surface area contributed by atoms with Crippen LogP contribution in [0.5, 0.6) is 0 Å². The minimum absolute atomic E-state index is 0.139. The van der Waals surface area contributed by atoms with Crippen LogP contribution < -0.4 is 0 Å². The molecule has 0 unspecified atom stereocenters. The molecule has 0 bridgehead atoms. The topological polar surface area (TPSA) is 20.3 Å². The van der Waals surface area contributed by atoms with Crippen LogP contribution in [-0.2, 0) is 25.8 Å². The molecule has 2 heteroatoms. The fourth-order valence-corrected chi connectivity index (χ4v) is 5.21. The molecule has 1 amide bonds. The van der Waals surface area contributed by atoms with Crippen LogP contribution in [-0.4, -0.2) is 17.4 Å². The average molecular weight is 389 g/mol. The number of carbonyl (C=O) groups excluding carboxylic acids is 1. The molecule has 30 heavy (non-hydrogen) atoms. The van der Waals surface area contributed by atoms with Crippen LogP contribution in [0.15, 0.2) is 78.9 Å². The Labute approximate surface area is 176 Å². The van der Waals surface area contributed by atoms with E-state index in [0.29, 0.717) is 6.54 Å². The summed E-state index contributed by atoms with van der Waals surface area (Å²) in [6, 6.07) is 27.5. The van der Waals surface area contributed by atoms with E-state index < -0.39 is 0 Å². The Balaban J connectivity index is 1.40. The van der Waals surface area contributed by atoms with Gasteiger partial charge in [-0.1, -0.05) is 66.7 Å². The van der Waals surface area contributed by atoms with Crippen molar-refractivity contribution < 1.29 is 4.79 Å². The molecule has 1 aliphatic heterocycles. The average Bonchev–Trinajstić information content (AvgIpc) is 2.82. The van der Waals surface area contributed by atoms with Crippen LogP contribution in [0.1, 0.15) is 43.7 Å². The van der Waals surface area contributed by atoms with E-state index in [0.717, 1.165) is 31.4 Å². The van der Waals surface area contributed by atoms with Crippen molar-refractivity contribution in [3.8, 4) is 0 Å². The van der Waals surface area contributed by atoms with Crippen LogP contribution in [0.2, 0.25) is 0 Å². The maximum Gasteiger partial charge on any atom is 0.254 e. The molecule has 4 aromatic rings. The molecular weight excluding hydrogens is 366 g/mol. The monoisotopic (exact) mass is 389 g/mol. The lowest BCUT2D eigenvalue weighted by Gasteiger charge is -2.33. The van der Waals surface area contributed by atoms with Crippen LogP contribution in [0.25, 0.3) is 10.8 Å². The van der Waals surface area contributed by atoms with E-state index >= 15 is 0 Å². The zero-order valence-electron chi connectivity index (χ0n) is 16.9. The summed E-state index contributed by atoms with van der Waals surface area (Å²) in [7, 11) is 0. The number of fused-ring (bicyclic) bond motifs is 6. The number of hydrogen-bond donors (Lipinski definition) is 0. The first kappa shape index (κ1) is 17.5. The van der Waals surface area contributed by atoms with Crippen LogP contribution >= 0.6 is 0 Å². The zero-order chi connectivity index (χ0) is 20.1. The maximum absolute atomic E-state index is 13.1. The molecule has 1 aliphatic carbocycles. The van der Waals surface area contributed by atoms with E-state index in [-0.39, 0.29) is 5.91 Å². The van der Waals surface area contributed by atoms with Crippen LogP contribution in [0, 0.1) is 0 Å². The van der Waals surface area contributed by atoms with Gasteiger partial charge in [0.25, 0.3) is 5.91 Å². The molecule has 4 aromatic carbocycles. The molecule has 2 nitrogen and oxygen atoms in total. The van der Waals surface area contributed by atoms with Crippen molar-refractivity contribution >= 4 is 16.7 Å². The van der Waals surface area contributed by atoms with Crippen molar-refractivity contribution in [3.63, 3.8) is 0 Å². The van der Waals surface area contributed by atoms with Gasteiger partial charge in [-0.2, -0.15) is 0 Å². The van der Waals surface area contributed by atoms with Crippen molar-refractivity contribution in [2.75, 3.05) is 6.54 Å². The molecule has 0 radical (unpaired) electrons. The number of amides is 1. The minimum atomic E-state index is 0.139. The van der Waals surface area contributed by atoms with Crippen LogP contribution in [0.3, 0.4) is 0 Å². The number of rotatable bonds is 1. The first-order chi connectivity index (χ1) is 14.8. The summed E-state index contributed by atoms with van der Waals surface area (Å²) in [6.07, 6.45) is 2.88. The molecule has 0 saturated heterocycles. The smallest absolute Gasteiger partial charge is 0.254 e. The van der Waals surface area contributed by atoms with Crippen molar-refractivity contribution in [1.29, 1.82) is 0 Å². The van der Waals surface area contributed by atoms with Gasteiger partial charge in [-0.15, -0.1) is 0 Å². The maximum atomic E-state index is 13.1. The van der Waals surface area contributed by atoms with Gasteiger partial charge in [-0.3, -0.25) is 4.79 Å². The summed E-state index contributed by atoms with van der Waals surface area (Å²) in [5, 5.41) is 2.68. The quantitative estimate of drug-likeness (QED) is 0.369. The Morgan fingerprint density at radius 1 is 0.667 bits per heavy atom. The first-order valence-corrected chi connectivity index (χ1v) is 10.7. The highest BCUT2D eigenvalue weighted by atomic mass is 16.2. The van der Waals surface area contributed by atoms with Gasteiger partial charge >= 0.3 is 0 Å². The molecule has 1 heterocycles. The van der Waals surface area contributed by atoms with E-state index in [9.17, 15) is 4.79 Å². The van der Waals surface area contributed by atoms with E-state index in [2.05, 4.69) is 48.5 Å². The lowest BCUT2D eigenvalue weighted by Crippen LogP contribution is -2.37. The zero-order valence-corrected chi connectivity index (χ0v) is 16.9. The van der Waals surface area contributed by atoms with Crippen molar-refractivity contribution in [1.82, 2.24) is 4.90 Å². The van der Waals surface area contributed by atoms with Gasteiger partial charge in [-0.25, -0.2) is 0 Å². The highest BCUT2D eigenvalue weighted by Gasteiger charge is 2.27. The van der Waals surface area contributed by atoms with Gasteiger partial charge in [0.1, 0.15) is 0 Å². The molecule has 146 valence electrons. The highest BCUT2D eigenvalue weighted by Crippen LogP contribution is 2.36. The summed E-state index contributed by atoms with van der Waals surface area (Å²) in [5.74, 6) is 0.139. The van der Waals surface area contributed by atoms with Crippen molar-refractivity contribution in [3.05, 3.63) is 118 Å². The number of carbonyl (C=O) groups is 1. The molecule has 0 saturated carbocycles. The van der Waals surface area contributed by atoms with Crippen LogP contribution in [0.4, 0.5) is 0 Å². The van der Waals surface area contributed by atoms with Crippen molar-refractivity contribution in [2.45, 2.75) is 25.8 Å². The molecular formula is C28H23NO. The Kier molecular flexibility index (Phi) is 3.98. The predicted octanol–water partition coefficient (Wildman–Crippen LogP) is 5.53. The fourth-order valence-electron chi connectivity index (χ4n) is 5.21. The SMILES string of the molecule is O=C(c1ccccc1)N1CCc2ccc3c(c2C1)Cc1c(ccc2ccccc12)C3. The van der Waals surface area contributed by atoms with Crippen molar-refractivity contribution in [2.24, 2.45) is 0 Å². The van der Waals surface area contributed by atoms with Gasteiger partial charge in [0.15, 0.2) is 0 Å². The standard InChI is InChI=1S/C28H23NO/c30-28(21-7-2-1-3-8-21)29-15-14-20-11-13-23-16-22-12-10-19-6-4-5-9-24(19)25(22)17-26(23)27(20)18-29/h1-13H,14-18H2. The summed E-state index contributed by atoms with van der Waals surface area (Å²) in [4.78, 5) is 15.1. The number of hydrogen-bond acceptors (Lipinski definition) is 1. The van der Waals surface area contributed by atoms with Gasteiger partial charge < -0.3 is 4.90 Å². The molecule has 0 N–H and O–H groups in total. The summed E-state index contributed by atoms with van der Waals surface area (Å²) in [5.41, 5.74) is 9.33. The normalized spacial score (nSPS) is 14.7. The second-order valence-corrected chi connectivity index (χ2v) is 8.46. The number of nitrogens with zero attached hydrogens (tertiary/aromatic N) is 1. The molecule has 6 rings (SSSR count).